The fraction of sp³-hybridized carbons (Fsp3) is 0.500. The second-order valence-corrected chi connectivity index (χ2v) is 4.51. The maximum Gasteiger partial charge on any atom is 0.0440 e. The summed E-state index contributed by atoms with van der Waals surface area (Å²) in [5.74, 6) is 0.667. The van der Waals surface area contributed by atoms with E-state index in [1.807, 2.05) is 12.1 Å². The van der Waals surface area contributed by atoms with Crippen LogP contribution in [-0.4, -0.2) is 25.0 Å². The van der Waals surface area contributed by atoms with Gasteiger partial charge in [-0.1, -0.05) is 29.8 Å². The molecule has 76 valence electrons. The molecule has 2 heteroatoms. The topological polar surface area (TPSA) is 3.24 Å². The lowest BCUT2D eigenvalue weighted by Gasteiger charge is -2.29. The van der Waals surface area contributed by atoms with Crippen molar-refractivity contribution in [2.24, 2.45) is 0 Å². The maximum absolute atomic E-state index is 6.18. The molecular weight excluding hydrogens is 194 g/mol. The van der Waals surface area contributed by atoms with Crippen LogP contribution < -0.4 is 0 Å². The Bertz CT molecular complexity index is 303. The van der Waals surface area contributed by atoms with Crippen LogP contribution in [0.5, 0.6) is 0 Å². The fourth-order valence-electron chi connectivity index (χ4n) is 2.13. The maximum atomic E-state index is 6.18. The summed E-state index contributed by atoms with van der Waals surface area (Å²) < 4.78 is 0. The van der Waals surface area contributed by atoms with Gasteiger partial charge in [0.1, 0.15) is 0 Å². The molecule has 0 atom stereocenters. The van der Waals surface area contributed by atoms with E-state index in [2.05, 4.69) is 24.1 Å². The van der Waals surface area contributed by atoms with E-state index in [0.717, 1.165) is 5.02 Å². The molecule has 1 aromatic carbocycles. The standard InChI is InChI=1S/C12H16ClN/c1-14-8-6-10(7-9-14)11-4-2-3-5-12(11)13/h2-5,10H,6-9H2,1H3. The van der Waals surface area contributed by atoms with Crippen LogP contribution in [0.2, 0.25) is 5.02 Å². The van der Waals surface area contributed by atoms with Gasteiger partial charge in [-0.15, -0.1) is 0 Å². The highest BCUT2D eigenvalue weighted by atomic mass is 35.5. The quantitative estimate of drug-likeness (QED) is 0.687. The minimum absolute atomic E-state index is 0.667. The van der Waals surface area contributed by atoms with E-state index in [1.165, 1.54) is 31.5 Å². The molecule has 1 saturated heterocycles. The monoisotopic (exact) mass is 209 g/mol. The Labute approximate surface area is 90.7 Å². The molecule has 0 N–H and O–H groups in total. The predicted octanol–water partition coefficient (Wildman–Crippen LogP) is 3.15. The molecule has 1 aromatic rings. The van der Waals surface area contributed by atoms with Crippen molar-refractivity contribution in [3.05, 3.63) is 34.9 Å². The highest BCUT2D eigenvalue weighted by Crippen LogP contribution is 2.31. The van der Waals surface area contributed by atoms with Crippen LogP contribution in [-0.2, 0) is 0 Å². The summed E-state index contributed by atoms with van der Waals surface area (Å²) in [6, 6.07) is 8.24. The molecule has 1 fully saturated rings. The van der Waals surface area contributed by atoms with Gasteiger partial charge in [0.25, 0.3) is 0 Å². The van der Waals surface area contributed by atoms with E-state index in [1.54, 1.807) is 0 Å². The zero-order chi connectivity index (χ0) is 9.97. The molecule has 1 aliphatic heterocycles. The zero-order valence-corrected chi connectivity index (χ0v) is 9.30. The van der Waals surface area contributed by atoms with Gasteiger partial charge in [0.05, 0.1) is 0 Å². The summed E-state index contributed by atoms with van der Waals surface area (Å²) in [6.07, 6.45) is 2.47. The van der Waals surface area contributed by atoms with Crippen molar-refractivity contribution < 1.29 is 0 Å². The molecule has 0 saturated carbocycles. The average Bonchev–Trinajstić information content (AvgIpc) is 2.20. The summed E-state index contributed by atoms with van der Waals surface area (Å²) in [5, 5.41) is 0.932. The number of hydrogen-bond donors (Lipinski definition) is 0. The molecule has 0 unspecified atom stereocenters. The van der Waals surface area contributed by atoms with Crippen molar-refractivity contribution in [1.82, 2.24) is 4.90 Å². The number of rotatable bonds is 1. The van der Waals surface area contributed by atoms with E-state index in [0.29, 0.717) is 5.92 Å². The lowest BCUT2D eigenvalue weighted by Crippen LogP contribution is -2.29. The highest BCUT2D eigenvalue weighted by molar-refractivity contribution is 6.31. The first-order valence-electron chi connectivity index (χ1n) is 5.20. The SMILES string of the molecule is CN1CCC(c2ccccc2Cl)CC1. The van der Waals surface area contributed by atoms with Crippen LogP contribution in [0.1, 0.15) is 24.3 Å². The molecule has 0 bridgehead atoms. The van der Waals surface area contributed by atoms with Gasteiger partial charge in [0.15, 0.2) is 0 Å². The zero-order valence-electron chi connectivity index (χ0n) is 8.54. The molecule has 1 nitrogen and oxygen atoms in total. The van der Waals surface area contributed by atoms with Crippen molar-refractivity contribution >= 4 is 11.6 Å². The van der Waals surface area contributed by atoms with E-state index >= 15 is 0 Å². The molecule has 0 radical (unpaired) electrons. The second kappa shape index (κ2) is 4.33. The van der Waals surface area contributed by atoms with Gasteiger partial charge < -0.3 is 4.90 Å². The van der Waals surface area contributed by atoms with Crippen LogP contribution in [0.4, 0.5) is 0 Å². The molecule has 0 spiro atoms. The third kappa shape index (κ3) is 2.10. The van der Waals surface area contributed by atoms with Crippen molar-refractivity contribution in [3.63, 3.8) is 0 Å². The normalized spacial score (nSPS) is 19.9. The largest absolute Gasteiger partial charge is 0.306 e. The van der Waals surface area contributed by atoms with Gasteiger partial charge in [-0.2, -0.15) is 0 Å². The predicted molar refractivity (Wildman–Crippen MR) is 60.9 cm³/mol. The number of halogens is 1. The third-order valence-corrected chi connectivity index (χ3v) is 3.41. The Morgan fingerprint density at radius 2 is 1.86 bits per heavy atom. The van der Waals surface area contributed by atoms with Crippen LogP contribution >= 0.6 is 11.6 Å². The van der Waals surface area contributed by atoms with E-state index in [9.17, 15) is 0 Å². The Morgan fingerprint density at radius 3 is 2.50 bits per heavy atom. The van der Waals surface area contributed by atoms with Crippen molar-refractivity contribution in [3.8, 4) is 0 Å². The van der Waals surface area contributed by atoms with Crippen molar-refractivity contribution in [1.29, 1.82) is 0 Å². The van der Waals surface area contributed by atoms with Gasteiger partial charge in [0.2, 0.25) is 0 Å². The van der Waals surface area contributed by atoms with Crippen LogP contribution in [0.3, 0.4) is 0 Å². The first-order chi connectivity index (χ1) is 6.77. The van der Waals surface area contributed by atoms with Gasteiger partial charge in [0, 0.05) is 5.02 Å². The average molecular weight is 210 g/mol. The number of benzene rings is 1. The minimum atomic E-state index is 0.667. The molecule has 14 heavy (non-hydrogen) atoms. The molecular formula is C12H16ClN. The lowest BCUT2D eigenvalue weighted by molar-refractivity contribution is 0.255. The molecule has 0 amide bonds. The van der Waals surface area contributed by atoms with Gasteiger partial charge >= 0.3 is 0 Å². The number of piperidine rings is 1. The van der Waals surface area contributed by atoms with Gasteiger partial charge in [-0.25, -0.2) is 0 Å². The first kappa shape index (κ1) is 10.0. The van der Waals surface area contributed by atoms with E-state index in [-0.39, 0.29) is 0 Å². The van der Waals surface area contributed by atoms with E-state index < -0.39 is 0 Å². The first-order valence-corrected chi connectivity index (χ1v) is 5.58. The minimum Gasteiger partial charge on any atom is -0.306 e. The highest BCUT2D eigenvalue weighted by Gasteiger charge is 2.19. The van der Waals surface area contributed by atoms with Crippen LogP contribution in [0.25, 0.3) is 0 Å². The van der Waals surface area contributed by atoms with Gasteiger partial charge in [-0.3, -0.25) is 0 Å². The molecule has 1 aliphatic rings. The lowest BCUT2D eigenvalue weighted by atomic mass is 9.90. The van der Waals surface area contributed by atoms with Crippen LogP contribution in [0, 0.1) is 0 Å². The number of likely N-dealkylation sites (tertiary alicyclic amines) is 1. The molecule has 2 rings (SSSR count). The van der Waals surface area contributed by atoms with Gasteiger partial charge in [-0.05, 0) is 50.5 Å². The Morgan fingerprint density at radius 1 is 1.21 bits per heavy atom. The van der Waals surface area contributed by atoms with Crippen molar-refractivity contribution in [2.45, 2.75) is 18.8 Å². The molecule has 0 aromatic heterocycles. The fourth-order valence-corrected chi connectivity index (χ4v) is 2.42. The summed E-state index contributed by atoms with van der Waals surface area (Å²) in [7, 11) is 2.18. The Balaban J connectivity index is 2.12. The summed E-state index contributed by atoms with van der Waals surface area (Å²) in [5.41, 5.74) is 1.34. The molecule has 1 heterocycles. The summed E-state index contributed by atoms with van der Waals surface area (Å²) >= 11 is 6.18. The second-order valence-electron chi connectivity index (χ2n) is 4.10. The Kier molecular flexibility index (Phi) is 3.09. The third-order valence-electron chi connectivity index (χ3n) is 3.06. The summed E-state index contributed by atoms with van der Waals surface area (Å²) in [6.45, 7) is 2.38. The van der Waals surface area contributed by atoms with Crippen molar-refractivity contribution in [2.75, 3.05) is 20.1 Å². The smallest absolute Gasteiger partial charge is 0.0440 e. The van der Waals surface area contributed by atoms with Crippen LogP contribution in [0.15, 0.2) is 24.3 Å². The Hall–Kier alpha value is -0.530. The molecule has 0 aliphatic carbocycles. The van der Waals surface area contributed by atoms with E-state index in [4.69, 9.17) is 11.6 Å². The number of nitrogens with zero attached hydrogens (tertiary/aromatic N) is 1. The summed E-state index contributed by atoms with van der Waals surface area (Å²) in [4.78, 5) is 2.38. The number of hydrogen-bond acceptors (Lipinski definition) is 1.